The summed E-state index contributed by atoms with van der Waals surface area (Å²) in [7, 11) is 2.83. The lowest BCUT2D eigenvalue weighted by atomic mass is 9.95. The SMILES string of the molecule is [CH2]C1COc2cc(OC)c(OC)c(O)c2C1=O. The fourth-order valence-electron chi connectivity index (χ4n) is 1.77. The van der Waals surface area contributed by atoms with Gasteiger partial charge in [-0.2, -0.15) is 0 Å². The number of phenolic OH excluding ortho intramolecular Hbond substituents is 1. The third-order valence-corrected chi connectivity index (χ3v) is 2.67. The van der Waals surface area contributed by atoms with Crippen molar-refractivity contribution in [1.29, 1.82) is 0 Å². The first-order valence-electron chi connectivity index (χ1n) is 5.08. The van der Waals surface area contributed by atoms with Crippen molar-refractivity contribution in [2.24, 2.45) is 5.92 Å². The highest BCUT2D eigenvalue weighted by atomic mass is 16.5. The zero-order valence-corrected chi connectivity index (χ0v) is 9.65. The number of hydrogen-bond acceptors (Lipinski definition) is 5. The standard InChI is InChI=1S/C12H13O5/c1-6-5-17-7-4-8(15-2)12(16-3)11(14)9(7)10(6)13/h4,6,14H,1,5H2,2-3H3. The molecule has 1 aromatic rings. The molecule has 0 aliphatic carbocycles. The molecule has 1 aromatic carbocycles. The van der Waals surface area contributed by atoms with Crippen LogP contribution in [0.15, 0.2) is 6.07 Å². The molecule has 1 N–H and O–H groups in total. The Hall–Kier alpha value is -1.91. The van der Waals surface area contributed by atoms with Gasteiger partial charge in [0.25, 0.3) is 0 Å². The first kappa shape index (κ1) is 11.6. The highest BCUT2D eigenvalue weighted by molar-refractivity contribution is 6.05. The molecule has 0 spiro atoms. The van der Waals surface area contributed by atoms with Crippen molar-refractivity contribution < 1.29 is 24.1 Å². The Balaban J connectivity index is 2.65. The van der Waals surface area contributed by atoms with Crippen molar-refractivity contribution in [1.82, 2.24) is 0 Å². The maximum Gasteiger partial charge on any atom is 0.204 e. The summed E-state index contributed by atoms with van der Waals surface area (Å²) in [5.41, 5.74) is 0.105. The molecule has 2 rings (SSSR count). The molecule has 0 aromatic heterocycles. The van der Waals surface area contributed by atoms with E-state index in [0.717, 1.165) is 0 Å². The van der Waals surface area contributed by atoms with Crippen molar-refractivity contribution in [2.45, 2.75) is 0 Å². The Kier molecular flexibility index (Phi) is 2.83. The minimum absolute atomic E-state index is 0.105. The van der Waals surface area contributed by atoms with Gasteiger partial charge in [0.15, 0.2) is 17.3 Å². The van der Waals surface area contributed by atoms with Crippen LogP contribution in [-0.2, 0) is 0 Å². The summed E-state index contributed by atoms with van der Waals surface area (Å²) >= 11 is 0. The molecule has 1 aliphatic rings. The van der Waals surface area contributed by atoms with Crippen LogP contribution in [0.1, 0.15) is 10.4 Å². The van der Waals surface area contributed by atoms with E-state index in [4.69, 9.17) is 14.2 Å². The molecular weight excluding hydrogens is 224 g/mol. The zero-order chi connectivity index (χ0) is 12.6. The van der Waals surface area contributed by atoms with Gasteiger partial charge in [0, 0.05) is 6.07 Å². The van der Waals surface area contributed by atoms with Gasteiger partial charge >= 0.3 is 0 Å². The molecule has 1 atom stereocenters. The molecule has 0 saturated carbocycles. The molecule has 0 fully saturated rings. The Morgan fingerprint density at radius 1 is 1.47 bits per heavy atom. The number of carbonyl (C=O) groups excluding carboxylic acids is 1. The fraction of sp³-hybridized carbons (Fsp3) is 0.333. The van der Waals surface area contributed by atoms with Gasteiger partial charge in [-0.05, 0) is 6.92 Å². The highest BCUT2D eigenvalue weighted by Gasteiger charge is 2.32. The molecule has 1 unspecified atom stereocenters. The van der Waals surface area contributed by atoms with E-state index in [1.165, 1.54) is 20.3 Å². The Morgan fingerprint density at radius 2 is 2.18 bits per heavy atom. The lowest BCUT2D eigenvalue weighted by Gasteiger charge is -2.23. The van der Waals surface area contributed by atoms with E-state index in [-0.39, 0.29) is 29.5 Å². The first-order valence-corrected chi connectivity index (χ1v) is 5.08. The van der Waals surface area contributed by atoms with Gasteiger partial charge in [0.2, 0.25) is 5.75 Å². The fourth-order valence-corrected chi connectivity index (χ4v) is 1.77. The van der Waals surface area contributed by atoms with E-state index >= 15 is 0 Å². The van der Waals surface area contributed by atoms with Crippen LogP contribution in [0.4, 0.5) is 0 Å². The van der Waals surface area contributed by atoms with Gasteiger partial charge in [0.1, 0.15) is 11.3 Å². The third-order valence-electron chi connectivity index (χ3n) is 2.67. The quantitative estimate of drug-likeness (QED) is 0.843. The normalized spacial score (nSPS) is 18.3. The van der Waals surface area contributed by atoms with E-state index in [1.807, 2.05) is 0 Å². The summed E-state index contributed by atoms with van der Waals surface area (Å²) < 4.78 is 15.4. The summed E-state index contributed by atoms with van der Waals surface area (Å²) in [5.74, 6) is -0.308. The number of Topliss-reactive ketones (excluding diaryl/α,β-unsaturated/α-hetero) is 1. The van der Waals surface area contributed by atoms with Crippen molar-refractivity contribution in [3.05, 3.63) is 18.6 Å². The summed E-state index contributed by atoms with van der Waals surface area (Å²) in [4.78, 5) is 11.9. The van der Waals surface area contributed by atoms with Gasteiger partial charge in [-0.25, -0.2) is 0 Å². The van der Waals surface area contributed by atoms with Crippen LogP contribution in [-0.4, -0.2) is 31.7 Å². The molecular formula is C12H13O5. The number of rotatable bonds is 2. The topological polar surface area (TPSA) is 65.0 Å². The molecule has 5 heteroatoms. The Labute approximate surface area is 98.9 Å². The van der Waals surface area contributed by atoms with Crippen LogP contribution in [0.2, 0.25) is 0 Å². The maximum absolute atomic E-state index is 11.9. The molecule has 91 valence electrons. The largest absolute Gasteiger partial charge is 0.504 e. The number of hydrogen-bond donors (Lipinski definition) is 1. The smallest absolute Gasteiger partial charge is 0.204 e. The van der Waals surface area contributed by atoms with E-state index in [9.17, 15) is 9.90 Å². The van der Waals surface area contributed by atoms with Gasteiger partial charge in [-0.1, -0.05) is 0 Å². The number of fused-ring (bicyclic) bond motifs is 1. The predicted molar refractivity (Wildman–Crippen MR) is 59.9 cm³/mol. The molecule has 0 bridgehead atoms. The first-order chi connectivity index (χ1) is 8.10. The number of methoxy groups -OCH3 is 2. The Morgan fingerprint density at radius 3 is 2.76 bits per heavy atom. The van der Waals surface area contributed by atoms with Crippen LogP contribution in [0.5, 0.6) is 23.0 Å². The monoisotopic (exact) mass is 237 g/mol. The average molecular weight is 237 g/mol. The van der Waals surface area contributed by atoms with Crippen molar-refractivity contribution in [3.8, 4) is 23.0 Å². The number of aromatic hydroxyl groups is 1. The zero-order valence-electron chi connectivity index (χ0n) is 9.65. The number of benzene rings is 1. The molecule has 17 heavy (non-hydrogen) atoms. The van der Waals surface area contributed by atoms with Crippen LogP contribution in [0.3, 0.4) is 0 Å². The van der Waals surface area contributed by atoms with Crippen LogP contribution in [0, 0.1) is 12.8 Å². The van der Waals surface area contributed by atoms with E-state index in [0.29, 0.717) is 11.5 Å². The summed E-state index contributed by atoms with van der Waals surface area (Å²) in [6.45, 7) is 3.85. The number of phenols is 1. The van der Waals surface area contributed by atoms with Crippen molar-refractivity contribution in [3.63, 3.8) is 0 Å². The van der Waals surface area contributed by atoms with Crippen LogP contribution < -0.4 is 14.2 Å². The predicted octanol–water partition coefficient (Wildman–Crippen LogP) is 1.43. The van der Waals surface area contributed by atoms with Gasteiger partial charge in [-0.3, -0.25) is 4.79 Å². The van der Waals surface area contributed by atoms with Gasteiger partial charge < -0.3 is 19.3 Å². The molecule has 1 aliphatic heterocycles. The minimum Gasteiger partial charge on any atom is -0.504 e. The molecule has 5 nitrogen and oxygen atoms in total. The highest BCUT2D eigenvalue weighted by Crippen LogP contribution is 2.46. The molecule has 1 heterocycles. The average Bonchev–Trinajstić information content (AvgIpc) is 2.33. The van der Waals surface area contributed by atoms with E-state index in [2.05, 4.69) is 6.92 Å². The minimum atomic E-state index is -0.522. The van der Waals surface area contributed by atoms with Crippen molar-refractivity contribution >= 4 is 5.78 Å². The summed E-state index contributed by atoms with van der Waals surface area (Å²) in [6.07, 6.45) is 0. The van der Waals surface area contributed by atoms with Crippen LogP contribution in [0.25, 0.3) is 0 Å². The number of carbonyl (C=O) groups is 1. The van der Waals surface area contributed by atoms with E-state index < -0.39 is 5.92 Å². The van der Waals surface area contributed by atoms with Crippen LogP contribution >= 0.6 is 0 Å². The molecule has 1 radical (unpaired) electrons. The lowest BCUT2D eigenvalue weighted by molar-refractivity contribution is 0.0865. The van der Waals surface area contributed by atoms with E-state index in [1.54, 1.807) is 0 Å². The van der Waals surface area contributed by atoms with Crippen molar-refractivity contribution in [2.75, 3.05) is 20.8 Å². The second-order valence-electron chi connectivity index (χ2n) is 3.71. The Bertz CT molecular complexity index is 466. The number of ether oxygens (including phenoxy) is 3. The van der Waals surface area contributed by atoms with Gasteiger partial charge in [-0.15, -0.1) is 0 Å². The van der Waals surface area contributed by atoms with Gasteiger partial charge in [0.05, 0.1) is 26.7 Å². The second-order valence-corrected chi connectivity index (χ2v) is 3.71. The summed E-state index contributed by atoms with van der Waals surface area (Å²) in [6, 6.07) is 1.53. The lowest BCUT2D eigenvalue weighted by Crippen LogP contribution is -2.25. The molecule has 0 amide bonds. The molecule has 0 saturated heterocycles. The summed E-state index contributed by atoms with van der Waals surface area (Å²) in [5, 5.41) is 10.0. The maximum atomic E-state index is 11.9. The third kappa shape index (κ3) is 1.67. The number of ketones is 1. The second kappa shape index (κ2) is 4.16.